The second-order valence-corrected chi connectivity index (χ2v) is 8.50. The molecule has 3 N–H and O–H groups in total. The Balaban J connectivity index is 1.45. The van der Waals surface area contributed by atoms with Crippen LogP contribution in [0.3, 0.4) is 0 Å². The van der Waals surface area contributed by atoms with E-state index < -0.39 is 30.2 Å². The van der Waals surface area contributed by atoms with E-state index in [1.165, 1.54) is 30.9 Å². The third-order valence-corrected chi connectivity index (χ3v) is 6.00. The SMILES string of the molecule is COc1ccc(C(CC(=O)O)NC(=O)c2cn(CCc3ccc4c(n3)NCCC4)nc2C)cc1F. The number of halogens is 1. The van der Waals surface area contributed by atoms with Gasteiger partial charge in [0.05, 0.1) is 30.8 Å². The zero-order chi connectivity index (χ0) is 24.9. The van der Waals surface area contributed by atoms with E-state index in [4.69, 9.17) is 4.74 Å². The molecular formula is C25H28FN5O4. The number of amides is 1. The van der Waals surface area contributed by atoms with E-state index in [2.05, 4.69) is 26.8 Å². The molecule has 1 aromatic carbocycles. The van der Waals surface area contributed by atoms with Gasteiger partial charge in [-0.15, -0.1) is 0 Å². The number of anilines is 1. The number of carbonyl (C=O) groups is 2. The quantitative estimate of drug-likeness (QED) is 0.429. The average molecular weight is 482 g/mol. The maximum Gasteiger partial charge on any atom is 0.305 e. The predicted octanol–water partition coefficient (Wildman–Crippen LogP) is 3.28. The Morgan fingerprint density at radius 3 is 2.89 bits per heavy atom. The van der Waals surface area contributed by atoms with Crippen LogP contribution in [0.15, 0.2) is 36.5 Å². The minimum absolute atomic E-state index is 0.0375. The molecule has 9 nitrogen and oxygen atoms in total. The molecule has 0 radical (unpaired) electrons. The third-order valence-electron chi connectivity index (χ3n) is 6.00. The Kier molecular flexibility index (Phi) is 7.28. The summed E-state index contributed by atoms with van der Waals surface area (Å²) in [5, 5.41) is 19.8. The molecule has 0 spiro atoms. The fraction of sp³-hybridized carbons (Fsp3) is 0.360. The molecule has 1 atom stereocenters. The molecule has 0 fully saturated rings. The molecule has 1 amide bonds. The number of aliphatic carboxylic acids is 1. The first-order chi connectivity index (χ1) is 16.8. The molecule has 1 unspecified atom stereocenters. The Morgan fingerprint density at radius 2 is 2.14 bits per heavy atom. The number of aryl methyl sites for hydroxylation is 4. The van der Waals surface area contributed by atoms with Crippen LogP contribution in [-0.4, -0.2) is 45.4 Å². The number of fused-ring (bicyclic) bond motifs is 1. The summed E-state index contributed by atoms with van der Waals surface area (Å²) >= 11 is 0. The van der Waals surface area contributed by atoms with Crippen LogP contribution >= 0.6 is 0 Å². The van der Waals surface area contributed by atoms with Gasteiger partial charge in [-0.05, 0) is 49.1 Å². The van der Waals surface area contributed by atoms with Crippen LogP contribution in [0, 0.1) is 12.7 Å². The molecule has 10 heteroatoms. The number of carbonyl (C=O) groups excluding carboxylic acids is 1. The van der Waals surface area contributed by atoms with E-state index in [9.17, 15) is 19.1 Å². The van der Waals surface area contributed by atoms with Gasteiger partial charge in [0, 0.05) is 31.4 Å². The van der Waals surface area contributed by atoms with Crippen molar-refractivity contribution in [2.75, 3.05) is 19.0 Å². The second kappa shape index (κ2) is 10.5. The topological polar surface area (TPSA) is 118 Å². The van der Waals surface area contributed by atoms with Crippen LogP contribution in [0.25, 0.3) is 0 Å². The number of benzene rings is 1. The largest absolute Gasteiger partial charge is 0.494 e. The fourth-order valence-corrected chi connectivity index (χ4v) is 4.15. The molecule has 184 valence electrons. The monoisotopic (exact) mass is 481 g/mol. The molecular weight excluding hydrogens is 453 g/mol. The normalized spacial score (nSPS) is 13.5. The fourth-order valence-electron chi connectivity index (χ4n) is 4.15. The summed E-state index contributed by atoms with van der Waals surface area (Å²) in [4.78, 5) is 29.1. The molecule has 1 aliphatic heterocycles. The van der Waals surface area contributed by atoms with E-state index in [-0.39, 0.29) is 5.75 Å². The average Bonchev–Trinajstić information content (AvgIpc) is 3.22. The van der Waals surface area contributed by atoms with Gasteiger partial charge in [0.1, 0.15) is 5.82 Å². The number of carboxylic acids is 1. The molecule has 0 bridgehead atoms. The summed E-state index contributed by atoms with van der Waals surface area (Å²) in [6, 6.07) is 7.30. The van der Waals surface area contributed by atoms with E-state index in [0.717, 1.165) is 30.9 Å². The van der Waals surface area contributed by atoms with Crippen molar-refractivity contribution >= 4 is 17.7 Å². The van der Waals surface area contributed by atoms with Crippen LogP contribution in [0.5, 0.6) is 5.75 Å². The smallest absolute Gasteiger partial charge is 0.305 e. The highest BCUT2D eigenvalue weighted by Gasteiger charge is 2.22. The van der Waals surface area contributed by atoms with Crippen molar-refractivity contribution in [2.45, 2.75) is 45.2 Å². The summed E-state index contributed by atoms with van der Waals surface area (Å²) in [6.45, 7) is 3.17. The number of nitrogens with one attached hydrogen (secondary N) is 2. The molecule has 35 heavy (non-hydrogen) atoms. The number of rotatable bonds is 9. The Labute approximate surface area is 202 Å². The van der Waals surface area contributed by atoms with E-state index in [1.807, 2.05) is 6.07 Å². The highest BCUT2D eigenvalue weighted by molar-refractivity contribution is 5.95. The second-order valence-electron chi connectivity index (χ2n) is 8.50. The zero-order valence-corrected chi connectivity index (χ0v) is 19.7. The minimum atomic E-state index is -1.12. The van der Waals surface area contributed by atoms with Crippen LogP contribution in [0.4, 0.5) is 10.2 Å². The van der Waals surface area contributed by atoms with E-state index >= 15 is 0 Å². The number of hydrogen-bond acceptors (Lipinski definition) is 6. The molecule has 1 aliphatic rings. The Hall–Kier alpha value is -3.95. The number of ether oxygens (including phenoxy) is 1. The molecule has 4 rings (SSSR count). The minimum Gasteiger partial charge on any atom is -0.494 e. The summed E-state index contributed by atoms with van der Waals surface area (Å²) in [5.41, 5.74) is 3.32. The number of aromatic nitrogens is 3. The molecule has 0 saturated carbocycles. The van der Waals surface area contributed by atoms with Crippen LogP contribution in [-0.2, 0) is 24.2 Å². The Bertz CT molecular complexity index is 1240. The van der Waals surface area contributed by atoms with Crippen LogP contribution in [0.1, 0.15) is 51.8 Å². The third kappa shape index (κ3) is 5.76. The number of hydrogen-bond donors (Lipinski definition) is 3. The molecule has 0 saturated heterocycles. The lowest BCUT2D eigenvalue weighted by atomic mass is 10.0. The summed E-state index contributed by atoms with van der Waals surface area (Å²) in [6.07, 6.45) is 4.00. The molecule has 3 aromatic rings. The summed E-state index contributed by atoms with van der Waals surface area (Å²) in [5.74, 6) is -1.26. The maximum absolute atomic E-state index is 14.2. The zero-order valence-electron chi connectivity index (χ0n) is 19.7. The first kappa shape index (κ1) is 24.2. The lowest BCUT2D eigenvalue weighted by Gasteiger charge is -2.18. The lowest BCUT2D eigenvalue weighted by Crippen LogP contribution is -2.30. The molecule has 2 aromatic heterocycles. The first-order valence-electron chi connectivity index (χ1n) is 11.5. The number of carboxylic acid groups (broad SMARTS) is 1. The van der Waals surface area contributed by atoms with Gasteiger partial charge in [0.25, 0.3) is 5.91 Å². The van der Waals surface area contributed by atoms with E-state index in [0.29, 0.717) is 29.8 Å². The highest BCUT2D eigenvalue weighted by Crippen LogP contribution is 2.25. The van der Waals surface area contributed by atoms with Gasteiger partial charge in [0.15, 0.2) is 11.6 Å². The van der Waals surface area contributed by atoms with Gasteiger partial charge >= 0.3 is 5.97 Å². The number of pyridine rings is 1. The van der Waals surface area contributed by atoms with Crippen molar-refractivity contribution in [1.82, 2.24) is 20.1 Å². The predicted molar refractivity (Wildman–Crippen MR) is 127 cm³/mol. The summed E-state index contributed by atoms with van der Waals surface area (Å²) in [7, 11) is 1.34. The van der Waals surface area contributed by atoms with Gasteiger partial charge in [-0.25, -0.2) is 9.37 Å². The number of methoxy groups -OCH3 is 1. The first-order valence-corrected chi connectivity index (χ1v) is 11.5. The lowest BCUT2D eigenvalue weighted by molar-refractivity contribution is -0.137. The van der Waals surface area contributed by atoms with Crippen LogP contribution in [0.2, 0.25) is 0 Å². The van der Waals surface area contributed by atoms with Crippen LogP contribution < -0.4 is 15.4 Å². The van der Waals surface area contributed by atoms with E-state index in [1.54, 1.807) is 17.8 Å². The van der Waals surface area contributed by atoms with Gasteiger partial charge in [-0.2, -0.15) is 5.10 Å². The van der Waals surface area contributed by atoms with Crippen molar-refractivity contribution in [1.29, 1.82) is 0 Å². The van der Waals surface area contributed by atoms with Crippen molar-refractivity contribution in [3.63, 3.8) is 0 Å². The van der Waals surface area contributed by atoms with Gasteiger partial charge in [-0.1, -0.05) is 12.1 Å². The Morgan fingerprint density at radius 1 is 1.31 bits per heavy atom. The summed E-state index contributed by atoms with van der Waals surface area (Å²) < 4.78 is 20.8. The number of nitrogens with zero attached hydrogens (tertiary/aromatic N) is 3. The maximum atomic E-state index is 14.2. The van der Waals surface area contributed by atoms with Gasteiger partial charge in [0.2, 0.25) is 0 Å². The molecule has 3 heterocycles. The van der Waals surface area contributed by atoms with Crippen molar-refractivity contribution in [2.24, 2.45) is 0 Å². The van der Waals surface area contributed by atoms with Gasteiger partial charge < -0.3 is 20.5 Å². The van der Waals surface area contributed by atoms with Crippen molar-refractivity contribution in [3.8, 4) is 5.75 Å². The highest BCUT2D eigenvalue weighted by atomic mass is 19.1. The van der Waals surface area contributed by atoms with Crippen molar-refractivity contribution < 1.29 is 23.8 Å². The molecule has 0 aliphatic carbocycles. The standard InChI is InChI=1S/C25H28FN5O4/c1-15-19(14-31(30-15)11-9-18-7-5-16-4-3-10-27-24(16)28-18)25(34)29-21(13-23(32)33)17-6-8-22(35-2)20(26)12-17/h5-8,12,14,21H,3-4,9-11,13H2,1-2H3,(H,27,28)(H,29,34)(H,32,33). The van der Waals surface area contributed by atoms with Crippen molar-refractivity contribution in [3.05, 3.63) is 70.4 Å². The van der Waals surface area contributed by atoms with Gasteiger partial charge in [-0.3, -0.25) is 14.3 Å².